The van der Waals surface area contributed by atoms with Gasteiger partial charge in [0.05, 0.1) is 5.91 Å². The molecule has 0 unspecified atom stereocenters. The molecule has 1 amide bonds. The smallest absolute Gasteiger partial charge is 0.448 e. The minimum atomic E-state index is -1.17. The number of nitrogens with zero attached hydrogens (tertiary/aromatic N) is 1. The maximum Gasteiger partial charge on any atom is 0.448 e. The number of para-hydroxylation sites is 1. The Morgan fingerprint density at radius 3 is 1.89 bits per heavy atom. The van der Waals surface area contributed by atoms with Crippen LogP contribution < -0.4 is 0 Å². The number of hydrogen-bond acceptors (Lipinski definition) is 3. The van der Waals surface area contributed by atoms with E-state index in [9.17, 15) is 4.79 Å². The van der Waals surface area contributed by atoms with E-state index < -0.39 is 7.12 Å². The van der Waals surface area contributed by atoms with E-state index in [0.717, 1.165) is 0 Å². The summed E-state index contributed by atoms with van der Waals surface area (Å²) in [6.45, 7) is 10.4. The molecule has 1 aromatic rings. The number of carbonyl (C=O) groups excluding carboxylic acids is 1. The molecule has 0 spiro atoms. The van der Waals surface area contributed by atoms with Gasteiger partial charge in [0.25, 0.3) is 0 Å². The van der Waals surface area contributed by atoms with Crippen LogP contribution in [0.3, 0.4) is 0 Å². The zero-order chi connectivity index (χ0) is 14.6. The largest absolute Gasteiger partial charge is 0.623 e. The van der Waals surface area contributed by atoms with Crippen LogP contribution in [0.25, 0.3) is 5.32 Å². The zero-order valence-electron chi connectivity index (χ0n) is 12.0. The van der Waals surface area contributed by atoms with Gasteiger partial charge in [-0.3, -0.25) is 0 Å². The molecule has 0 aliphatic rings. The van der Waals surface area contributed by atoms with E-state index >= 15 is 0 Å². The van der Waals surface area contributed by atoms with Crippen molar-refractivity contribution in [1.82, 2.24) is 0 Å². The van der Waals surface area contributed by atoms with E-state index in [2.05, 4.69) is 11.9 Å². The molecule has 19 heavy (non-hydrogen) atoms. The summed E-state index contributed by atoms with van der Waals surface area (Å²) in [5, 5.41) is 19.0. The van der Waals surface area contributed by atoms with Crippen molar-refractivity contribution < 1.29 is 47.6 Å². The molecule has 2 N–H and O–H groups in total. The summed E-state index contributed by atoms with van der Waals surface area (Å²) < 4.78 is 0. The minimum absolute atomic E-state index is 0. The molecule has 1 rings (SSSR count). The van der Waals surface area contributed by atoms with E-state index in [-0.39, 0.29) is 38.6 Å². The maximum atomic E-state index is 11.0. The van der Waals surface area contributed by atoms with Gasteiger partial charge in [0, 0.05) is 32.7 Å². The summed E-state index contributed by atoms with van der Waals surface area (Å²) in [4.78, 5) is 11.0. The second-order valence-electron chi connectivity index (χ2n) is 3.16. The molecule has 0 heterocycles. The summed E-state index contributed by atoms with van der Waals surface area (Å²) in [6.07, 6.45) is 0. The third-order valence-corrected chi connectivity index (χ3v) is 1.35. The molecule has 0 fully saturated rings. The van der Waals surface area contributed by atoms with Crippen molar-refractivity contribution in [3.8, 4) is 0 Å². The summed E-state index contributed by atoms with van der Waals surface area (Å²) in [5.41, 5.74) is 1.13. The summed E-state index contributed by atoms with van der Waals surface area (Å²) in [5.74, 6) is -0.263. The van der Waals surface area contributed by atoms with Gasteiger partial charge in [0.2, 0.25) is 0 Å². The van der Waals surface area contributed by atoms with Gasteiger partial charge in [-0.05, 0) is 19.3 Å². The quantitative estimate of drug-likeness (QED) is 0.643. The average molecular weight is 339 g/mol. The van der Waals surface area contributed by atoms with Crippen LogP contribution in [0.15, 0.2) is 42.5 Å². The molecule has 4 nitrogen and oxygen atoms in total. The standard InChI is InChI=1S/C10H11NO.C2H6.CH5BO2.Y/c1-8(2)10(12)11-9-6-4-3-5-7-9;1-2;1-2(3)4;/h3-7H,1H2,2H3,(H,11,12);1-2H3;3-4H,1H3;/p-1. The molecular weight excluding hydrogens is 318 g/mol. The van der Waals surface area contributed by atoms with E-state index in [1.807, 2.05) is 32.0 Å². The molecule has 0 saturated carbocycles. The van der Waals surface area contributed by atoms with Crippen LogP contribution in [0.5, 0.6) is 0 Å². The Bertz CT molecular complexity index is 342. The first-order valence-corrected chi connectivity index (χ1v) is 5.76. The van der Waals surface area contributed by atoms with E-state index in [1.165, 1.54) is 6.82 Å². The fraction of sp³-hybridized carbons (Fsp3) is 0.308. The van der Waals surface area contributed by atoms with Crippen molar-refractivity contribution in [1.29, 1.82) is 0 Å². The third kappa shape index (κ3) is 17.5. The summed E-state index contributed by atoms with van der Waals surface area (Å²) in [6, 6.07) is 9.11. The third-order valence-electron chi connectivity index (χ3n) is 1.35. The first-order valence-electron chi connectivity index (χ1n) is 5.76. The normalized spacial score (nSPS) is 7.47. The Balaban J connectivity index is -0.000000316. The van der Waals surface area contributed by atoms with E-state index in [0.29, 0.717) is 11.3 Å². The van der Waals surface area contributed by atoms with Gasteiger partial charge in [-0.15, -0.1) is 5.69 Å². The first-order chi connectivity index (χ1) is 8.43. The maximum absolute atomic E-state index is 11.0. The van der Waals surface area contributed by atoms with Crippen LogP contribution in [-0.2, 0) is 37.5 Å². The fourth-order valence-electron chi connectivity index (χ4n) is 0.715. The van der Waals surface area contributed by atoms with E-state index in [4.69, 9.17) is 10.0 Å². The second kappa shape index (κ2) is 15.6. The van der Waals surface area contributed by atoms with Crippen LogP contribution in [0, 0.1) is 0 Å². The van der Waals surface area contributed by atoms with Gasteiger partial charge in [0.15, 0.2) is 0 Å². The molecule has 0 aliphatic heterocycles. The molecule has 103 valence electrons. The predicted octanol–water partition coefficient (Wildman–Crippen LogP) is 2.91. The fourth-order valence-corrected chi connectivity index (χ4v) is 0.715. The van der Waals surface area contributed by atoms with Gasteiger partial charge in [-0.25, -0.2) is 0 Å². The minimum Gasteiger partial charge on any atom is -0.623 e. The van der Waals surface area contributed by atoms with Crippen LogP contribution in [0.4, 0.5) is 5.69 Å². The number of hydrogen-bond donors (Lipinski definition) is 2. The van der Waals surface area contributed by atoms with Crippen LogP contribution >= 0.6 is 0 Å². The molecule has 0 aromatic heterocycles. The Kier molecular flexibility index (Phi) is 19.3. The zero-order valence-corrected chi connectivity index (χ0v) is 14.8. The van der Waals surface area contributed by atoms with Gasteiger partial charge in [-0.2, -0.15) is 0 Å². The van der Waals surface area contributed by atoms with Gasteiger partial charge < -0.3 is 20.2 Å². The monoisotopic (exact) mass is 339 g/mol. The predicted molar refractivity (Wildman–Crippen MR) is 76.7 cm³/mol. The first kappa shape index (κ1) is 23.6. The van der Waals surface area contributed by atoms with Crippen molar-refractivity contribution in [2.24, 2.45) is 0 Å². The second-order valence-corrected chi connectivity index (χ2v) is 3.16. The van der Waals surface area contributed by atoms with Crippen LogP contribution in [-0.4, -0.2) is 23.1 Å². The molecule has 1 radical (unpaired) electrons. The van der Waals surface area contributed by atoms with Crippen LogP contribution in [0.1, 0.15) is 20.8 Å². The summed E-state index contributed by atoms with van der Waals surface area (Å²) in [7, 11) is -1.17. The number of benzene rings is 1. The number of amides is 1. The van der Waals surface area contributed by atoms with Crippen LogP contribution in [0.2, 0.25) is 6.82 Å². The molecular formula is C13H21BNO3Y-. The Hall–Kier alpha value is -0.481. The topological polar surface area (TPSA) is 71.6 Å². The molecule has 1 aromatic carbocycles. The molecule has 0 saturated heterocycles. The van der Waals surface area contributed by atoms with E-state index in [1.54, 1.807) is 19.1 Å². The number of rotatable bonds is 2. The average Bonchev–Trinajstić information content (AvgIpc) is 2.32. The summed E-state index contributed by atoms with van der Waals surface area (Å²) >= 11 is 0. The van der Waals surface area contributed by atoms with Gasteiger partial charge >= 0.3 is 7.12 Å². The van der Waals surface area contributed by atoms with Gasteiger partial charge in [-0.1, -0.05) is 50.8 Å². The van der Waals surface area contributed by atoms with Crippen molar-refractivity contribution in [3.05, 3.63) is 47.8 Å². The Morgan fingerprint density at radius 1 is 1.21 bits per heavy atom. The molecule has 6 heteroatoms. The Labute approximate surface area is 141 Å². The SMILES string of the molecule is C=C(C)C(=O)[N-]c1ccccc1.CB(O)O.CC.[Y]. The Morgan fingerprint density at radius 2 is 1.58 bits per heavy atom. The van der Waals surface area contributed by atoms with Crippen molar-refractivity contribution in [3.63, 3.8) is 0 Å². The molecule has 0 aliphatic carbocycles. The number of carbonyl (C=O) groups is 1. The van der Waals surface area contributed by atoms with Gasteiger partial charge in [0.1, 0.15) is 0 Å². The van der Waals surface area contributed by atoms with Crippen molar-refractivity contribution in [2.75, 3.05) is 0 Å². The molecule has 0 bridgehead atoms. The molecule has 0 atom stereocenters. The van der Waals surface area contributed by atoms with Crippen molar-refractivity contribution >= 4 is 18.7 Å². The van der Waals surface area contributed by atoms with Crippen molar-refractivity contribution in [2.45, 2.75) is 27.6 Å².